The van der Waals surface area contributed by atoms with Crippen LogP contribution in [0.5, 0.6) is 0 Å². The lowest BCUT2D eigenvalue weighted by Gasteiger charge is -2.55. The minimum absolute atomic E-state index is 0.0668. The second kappa shape index (κ2) is 15.5. The highest BCUT2D eigenvalue weighted by Crippen LogP contribution is 2.45. The van der Waals surface area contributed by atoms with Crippen LogP contribution >= 0.6 is 0 Å². The predicted molar refractivity (Wildman–Crippen MR) is 142 cm³/mol. The molecule has 0 bridgehead atoms. The standard InChI is InChI=1S/C29H57NO4/c1-8-9-10-11-12-13-14-15-16-17-18-19-20-21-26(31)34-25-22-23-30(33-24-27(2,3)32)29(6,7)28(25,4)5/h25,32H,8-24H2,1-7H3. The zero-order valence-electron chi connectivity index (χ0n) is 23.7. The van der Waals surface area contributed by atoms with Crippen molar-refractivity contribution < 1.29 is 19.5 Å². The Morgan fingerprint density at radius 3 is 1.82 bits per heavy atom. The molecule has 0 saturated carbocycles. The number of hydroxylamine groups is 2. The summed E-state index contributed by atoms with van der Waals surface area (Å²) in [6.07, 6.45) is 18.1. The fourth-order valence-corrected chi connectivity index (χ4v) is 4.76. The lowest BCUT2D eigenvalue weighted by Crippen LogP contribution is -2.64. The van der Waals surface area contributed by atoms with Gasteiger partial charge in [0.1, 0.15) is 6.10 Å². The molecule has 1 unspecified atom stereocenters. The first-order chi connectivity index (χ1) is 15.9. The molecule has 0 aliphatic carbocycles. The van der Waals surface area contributed by atoms with Crippen LogP contribution in [0.3, 0.4) is 0 Å². The number of piperidine rings is 1. The van der Waals surface area contributed by atoms with Crippen LogP contribution in [0.4, 0.5) is 0 Å². The van der Waals surface area contributed by atoms with Crippen LogP contribution in [0.25, 0.3) is 0 Å². The quantitative estimate of drug-likeness (QED) is 0.161. The number of nitrogens with zero attached hydrogens (tertiary/aromatic N) is 1. The van der Waals surface area contributed by atoms with Crippen LogP contribution in [0.15, 0.2) is 0 Å². The molecule has 1 heterocycles. The van der Waals surface area contributed by atoms with E-state index in [0.29, 0.717) is 13.0 Å². The highest BCUT2D eigenvalue weighted by molar-refractivity contribution is 5.69. The molecule has 0 aromatic heterocycles. The largest absolute Gasteiger partial charge is 0.462 e. The normalized spacial score (nSPS) is 20.4. The van der Waals surface area contributed by atoms with Gasteiger partial charge in [-0.2, -0.15) is 5.06 Å². The smallest absolute Gasteiger partial charge is 0.306 e. The maximum absolute atomic E-state index is 12.5. The van der Waals surface area contributed by atoms with Gasteiger partial charge in [-0.3, -0.25) is 9.63 Å². The third-order valence-corrected chi connectivity index (χ3v) is 7.93. The van der Waals surface area contributed by atoms with Crippen LogP contribution < -0.4 is 0 Å². The van der Waals surface area contributed by atoms with Gasteiger partial charge in [0.25, 0.3) is 0 Å². The molecule has 1 fully saturated rings. The van der Waals surface area contributed by atoms with E-state index in [1.807, 2.05) is 5.06 Å². The molecule has 0 amide bonds. The number of aliphatic hydroxyl groups is 1. The molecule has 5 nitrogen and oxygen atoms in total. The topological polar surface area (TPSA) is 59.0 Å². The van der Waals surface area contributed by atoms with Crippen molar-refractivity contribution in [3.8, 4) is 0 Å². The summed E-state index contributed by atoms with van der Waals surface area (Å²) >= 11 is 0. The monoisotopic (exact) mass is 483 g/mol. The Balaban J connectivity index is 2.20. The Kier molecular flexibility index (Phi) is 14.3. The van der Waals surface area contributed by atoms with Crippen LogP contribution in [0.1, 0.15) is 145 Å². The number of rotatable bonds is 18. The molecule has 34 heavy (non-hydrogen) atoms. The van der Waals surface area contributed by atoms with Gasteiger partial charge in [-0.1, -0.05) is 97.8 Å². The zero-order chi connectivity index (χ0) is 25.7. The van der Waals surface area contributed by atoms with E-state index < -0.39 is 5.60 Å². The van der Waals surface area contributed by atoms with Gasteiger partial charge in [0.2, 0.25) is 0 Å². The van der Waals surface area contributed by atoms with Gasteiger partial charge in [-0.05, 0) is 34.1 Å². The van der Waals surface area contributed by atoms with E-state index in [9.17, 15) is 9.90 Å². The summed E-state index contributed by atoms with van der Waals surface area (Å²) in [7, 11) is 0. The van der Waals surface area contributed by atoms with Crippen molar-refractivity contribution in [2.75, 3.05) is 13.2 Å². The molecule has 1 aliphatic rings. The minimum Gasteiger partial charge on any atom is -0.462 e. The third kappa shape index (κ3) is 11.4. The van der Waals surface area contributed by atoms with E-state index in [2.05, 4.69) is 34.6 Å². The fourth-order valence-electron chi connectivity index (χ4n) is 4.76. The van der Waals surface area contributed by atoms with E-state index in [-0.39, 0.29) is 29.6 Å². The summed E-state index contributed by atoms with van der Waals surface area (Å²) in [5.74, 6) is -0.0668. The first kappa shape index (κ1) is 31.4. The van der Waals surface area contributed by atoms with Crippen molar-refractivity contribution in [3.63, 3.8) is 0 Å². The molecular weight excluding hydrogens is 426 g/mol. The van der Waals surface area contributed by atoms with Gasteiger partial charge in [-0.25, -0.2) is 0 Å². The van der Waals surface area contributed by atoms with Crippen molar-refractivity contribution in [3.05, 3.63) is 0 Å². The van der Waals surface area contributed by atoms with Crippen LogP contribution in [0.2, 0.25) is 0 Å². The van der Waals surface area contributed by atoms with E-state index in [0.717, 1.165) is 19.3 Å². The summed E-state index contributed by atoms with van der Waals surface area (Å²) in [5, 5.41) is 12.0. The second-order valence-electron chi connectivity index (χ2n) is 12.2. The average Bonchev–Trinajstić information content (AvgIpc) is 2.74. The van der Waals surface area contributed by atoms with Gasteiger partial charge in [0.05, 0.1) is 12.2 Å². The van der Waals surface area contributed by atoms with Gasteiger partial charge in [0, 0.05) is 30.3 Å². The van der Waals surface area contributed by atoms with Crippen molar-refractivity contribution in [2.45, 2.75) is 162 Å². The molecular formula is C29H57NO4. The summed E-state index contributed by atoms with van der Waals surface area (Å²) < 4.78 is 5.97. The molecule has 5 heteroatoms. The number of ether oxygens (including phenoxy) is 1. The maximum atomic E-state index is 12.5. The highest BCUT2D eigenvalue weighted by Gasteiger charge is 2.52. The van der Waals surface area contributed by atoms with Gasteiger partial charge >= 0.3 is 5.97 Å². The van der Waals surface area contributed by atoms with E-state index >= 15 is 0 Å². The first-order valence-electron chi connectivity index (χ1n) is 14.2. The molecule has 0 radical (unpaired) electrons. The van der Waals surface area contributed by atoms with Crippen molar-refractivity contribution in [1.29, 1.82) is 0 Å². The Morgan fingerprint density at radius 2 is 1.35 bits per heavy atom. The Hall–Kier alpha value is -0.650. The number of carbonyl (C=O) groups excluding carboxylic acids is 1. The first-order valence-corrected chi connectivity index (χ1v) is 14.2. The zero-order valence-corrected chi connectivity index (χ0v) is 23.7. The molecule has 0 spiro atoms. The minimum atomic E-state index is -0.878. The van der Waals surface area contributed by atoms with E-state index in [1.54, 1.807) is 13.8 Å². The Labute approximate surface area is 211 Å². The maximum Gasteiger partial charge on any atom is 0.306 e. The number of unbranched alkanes of at least 4 members (excludes halogenated alkanes) is 12. The number of hydrogen-bond acceptors (Lipinski definition) is 5. The summed E-state index contributed by atoms with van der Waals surface area (Å²) in [4.78, 5) is 18.5. The van der Waals surface area contributed by atoms with Crippen LogP contribution in [0, 0.1) is 5.41 Å². The summed E-state index contributed by atoms with van der Waals surface area (Å²) in [6, 6.07) is 0. The number of carbonyl (C=O) groups is 1. The molecule has 1 rings (SSSR count). The molecule has 1 atom stereocenters. The van der Waals surface area contributed by atoms with Gasteiger partial charge in [0.15, 0.2) is 0 Å². The SMILES string of the molecule is CCCCCCCCCCCCCCCC(=O)OC1CCN(OCC(C)(C)O)C(C)(C)C1(C)C. The van der Waals surface area contributed by atoms with Crippen molar-refractivity contribution in [1.82, 2.24) is 5.06 Å². The third-order valence-electron chi connectivity index (χ3n) is 7.93. The van der Waals surface area contributed by atoms with Crippen molar-refractivity contribution in [2.24, 2.45) is 5.41 Å². The molecule has 1 aliphatic heterocycles. The molecule has 202 valence electrons. The van der Waals surface area contributed by atoms with Gasteiger partial charge in [-0.15, -0.1) is 0 Å². The molecule has 1 saturated heterocycles. The molecule has 0 aromatic rings. The summed E-state index contributed by atoms with van der Waals surface area (Å²) in [6.45, 7) is 15.2. The van der Waals surface area contributed by atoms with Gasteiger partial charge < -0.3 is 9.84 Å². The highest BCUT2D eigenvalue weighted by atomic mass is 16.7. The average molecular weight is 484 g/mol. The van der Waals surface area contributed by atoms with Crippen LogP contribution in [-0.2, 0) is 14.4 Å². The Bertz CT molecular complexity index is 553. The number of hydrogen-bond donors (Lipinski definition) is 1. The lowest BCUT2D eigenvalue weighted by atomic mass is 9.67. The Morgan fingerprint density at radius 1 is 0.882 bits per heavy atom. The van der Waals surface area contributed by atoms with Crippen LogP contribution in [-0.4, -0.2) is 46.5 Å². The second-order valence-corrected chi connectivity index (χ2v) is 12.2. The fraction of sp³-hybridized carbons (Fsp3) is 0.966. The van der Waals surface area contributed by atoms with E-state index in [1.165, 1.54) is 70.6 Å². The predicted octanol–water partition coefficient (Wildman–Crippen LogP) is 7.59. The van der Waals surface area contributed by atoms with E-state index in [4.69, 9.17) is 9.57 Å². The number of esters is 1. The lowest BCUT2D eigenvalue weighted by molar-refractivity contribution is -0.293. The molecule has 0 aromatic carbocycles. The van der Waals surface area contributed by atoms with Crippen molar-refractivity contribution >= 4 is 5.97 Å². The summed E-state index contributed by atoms with van der Waals surface area (Å²) in [5.41, 5.74) is -1.47. The molecule has 1 N–H and O–H groups in total.